The molecule has 0 aliphatic carbocycles. The number of carbonyl (C=O) groups is 1. The van der Waals surface area contributed by atoms with Gasteiger partial charge in [0.25, 0.3) is 11.7 Å². The summed E-state index contributed by atoms with van der Waals surface area (Å²) < 4.78 is 64.6. The van der Waals surface area contributed by atoms with Gasteiger partial charge in [0.05, 0.1) is 11.9 Å². The maximum absolute atomic E-state index is 12.4. The molecule has 0 unspecified atom stereocenters. The largest absolute Gasteiger partial charge is 0.573 e. The molecule has 2 aromatic rings. The van der Waals surface area contributed by atoms with E-state index in [-0.39, 0.29) is 37.7 Å². The van der Waals surface area contributed by atoms with E-state index in [1.807, 2.05) is 0 Å². The maximum atomic E-state index is 12.4. The number of hydrogen-bond donors (Lipinski definition) is 0. The van der Waals surface area contributed by atoms with E-state index >= 15 is 0 Å². The van der Waals surface area contributed by atoms with Crippen LogP contribution >= 0.6 is 0 Å². The molecule has 0 bridgehead atoms. The fourth-order valence-electron chi connectivity index (χ4n) is 2.55. The van der Waals surface area contributed by atoms with Crippen LogP contribution in [0.2, 0.25) is 0 Å². The Labute approximate surface area is 157 Å². The van der Waals surface area contributed by atoms with Gasteiger partial charge < -0.3 is 9.64 Å². The molecular formula is C14H15F3N6O4S. The van der Waals surface area contributed by atoms with E-state index in [4.69, 9.17) is 0 Å². The van der Waals surface area contributed by atoms with Gasteiger partial charge in [-0.2, -0.15) is 4.31 Å². The number of amides is 1. The lowest BCUT2D eigenvalue weighted by atomic mass is 10.3. The Morgan fingerprint density at radius 3 is 2.25 bits per heavy atom. The van der Waals surface area contributed by atoms with E-state index in [2.05, 4.69) is 20.1 Å². The topological polar surface area (TPSA) is 111 Å². The van der Waals surface area contributed by atoms with E-state index in [1.54, 1.807) is 0 Å². The van der Waals surface area contributed by atoms with Crippen molar-refractivity contribution in [2.75, 3.05) is 32.4 Å². The Bertz CT molecular complexity index is 952. The van der Waals surface area contributed by atoms with Crippen molar-refractivity contribution in [2.45, 2.75) is 6.36 Å². The number of halogens is 3. The molecule has 1 saturated heterocycles. The monoisotopic (exact) mass is 420 g/mol. The second-order valence-corrected chi connectivity index (χ2v) is 7.88. The summed E-state index contributed by atoms with van der Waals surface area (Å²) >= 11 is 0. The summed E-state index contributed by atoms with van der Waals surface area (Å²) in [5, 5.41) is 11.3. The molecule has 0 N–H and O–H groups in total. The zero-order chi connectivity index (χ0) is 20.5. The van der Waals surface area contributed by atoms with Crippen molar-refractivity contribution in [1.82, 2.24) is 29.4 Å². The average molecular weight is 420 g/mol. The van der Waals surface area contributed by atoms with Gasteiger partial charge in [-0.15, -0.1) is 28.2 Å². The van der Waals surface area contributed by atoms with Crippen molar-refractivity contribution < 1.29 is 31.1 Å². The standard InChI is InChI=1S/C14H15F3N6O4S/c1-28(25,26)22-8-6-21(7-9-22)13(24)12-18-20-23(19-12)10-2-4-11(5-3-10)27-14(15,16)17/h2-5H,6-9H2,1H3. The van der Waals surface area contributed by atoms with Crippen LogP contribution in [0.3, 0.4) is 0 Å². The van der Waals surface area contributed by atoms with Gasteiger partial charge in [-0.05, 0) is 29.5 Å². The number of benzene rings is 1. The Kier molecular flexibility index (Phi) is 5.25. The van der Waals surface area contributed by atoms with Crippen molar-refractivity contribution in [3.05, 3.63) is 30.1 Å². The molecule has 1 aliphatic heterocycles. The first-order valence-corrected chi connectivity index (χ1v) is 9.78. The minimum atomic E-state index is -4.80. The Hall–Kier alpha value is -2.74. The molecular weight excluding hydrogens is 405 g/mol. The Morgan fingerprint density at radius 2 is 1.71 bits per heavy atom. The van der Waals surface area contributed by atoms with E-state index < -0.39 is 28.0 Å². The molecule has 14 heteroatoms. The van der Waals surface area contributed by atoms with E-state index in [9.17, 15) is 26.4 Å². The van der Waals surface area contributed by atoms with Crippen LogP contribution in [0.1, 0.15) is 10.6 Å². The summed E-state index contributed by atoms with van der Waals surface area (Å²) in [5.74, 6) is -1.13. The van der Waals surface area contributed by atoms with Crippen LogP contribution in [-0.4, -0.2) is 82.5 Å². The summed E-state index contributed by atoms with van der Waals surface area (Å²) in [5.41, 5.74) is 0.281. The molecule has 1 aromatic heterocycles. The zero-order valence-corrected chi connectivity index (χ0v) is 15.3. The molecule has 2 heterocycles. The number of hydrogen-bond acceptors (Lipinski definition) is 7. The minimum absolute atomic E-state index is 0.166. The Morgan fingerprint density at radius 1 is 1.11 bits per heavy atom. The van der Waals surface area contributed by atoms with Crippen LogP contribution in [0, 0.1) is 0 Å². The third-order valence-corrected chi connectivity index (χ3v) is 5.20. The van der Waals surface area contributed by atoms with Crippen LogP contribution in [-0.2, 0) is 10.0 Å². The summed E-state index contributed by atoms with van der Waals surface area (Å²) in [6.45, 7) is 0.701. The highest BCUT2D eigenvalue weighted by Gasteiger charge is 2.31. The lowest BCUT2D eigenvalue weighted by molar-refractivity contribution is -0.274. The lowest BCUT2D eigenvalue weighted by Gasteiger charge is -2.32. The fraction of sp³-hybridized carbons (Fsp3) is 0.429. The third kappa shape index (κ3) is 4.75. The van der Waals surface area contributed by atoms with Crippen LogP contribution in [0.25, 0.3) is 5.69 Å². The number of alkyl halides is 3. The molecule has 0 radical (unpaired) electrons. The average Bonchev–Trinajstić information content (AvgIpc) is 3.10. The van der Waals surface area contributed by atoms with E-state index in [0.29, 0.717) is 0 Å². The number of sulfonamides is 1. The van der Waals surface area contributed by atoms with Gasteiger partial charge in [0.2, 0.25) is 10.0 Å². The number of rotatable bonds is 4. The summed E-state index contributed by atoms with van der Waals surface area (Å²) in [4.78, 5) is 14.8. The van der Waals surface area contributed by atoms with Gasteiger partial charge in [-0.25, -0.2) is 8.42 Å². The third-order valence-electron chi connectivity index (χ3n) is 3.90. The number of ether oxygens (including phenoxy) is 1. The predicted molar refractivity (Wildman–Crippen MR) is 88.2 cm³/mol. The highest BCUT2D eigenvalue weighted by atomic mass is 32.2. The highest BCUT2D eigenvalue weighted by Crippen LogP contribution is 2.23. The van der Waals surface area contributed by atoms with Crippen molar-refractivity contribution in [3.8, 4) is 11.4 Å². The van der Waals surface area contributed by atoms with Crippen molar-refractivity contribution in [3.63, 3.8) is 0 Å². The minimum Gasteiger partial charge on any atom is -0.406 e. The molecule has 3 rings (SSSR count). The molecule has 1 fully saturated rings. The summed E-state index contributed by atoms with van der Waals surface area (Å²) in [7, 11) is -3.32. The summed E-state index contributed by atoms with van der Waals surface area (Å²) in [6.07, 6.45) is -3.70. The first-order chi connectivity index (χ1) is 13.0. The quantitative estimate of drug-likeness (QED) is 0.699. The zero-order valence-electron chi connectivity index (χ0n) is 14.5. The molecule has 28 heavy (non-hydrogen) atoms. The normalized spacial score (nSPS) is 16.2. The highest BCUT2D eigenvalue weighted by molar-refractivity contribution is 7.88. The SMILES string of the molecule is CS(=O)(=O)N1CCN(C(=O)c2nnn(-c3ccc(OC(F)(F)F)cc3)n2)CC1. The first kappa shape index (κ1) is 20.0. The van der Waals surface area contributed by atoms with Crippen molar-refractivity contribution in [2.24, 2.45) is 0 Å². The maximum Gasteiger partial charge on any atom is 0.573 e. The number of carbonyl (C=O) groups excluding carboxylic acids is 1. The number of tetrazole rings is 1. The van der Waals surface area contributed by atoms with Gasteiger partial charge in [0, 0.05) is 26.2 Å². The molecule has 1 amide bonds. The van der Waals surface area contributed by atoms with Gasteiger partial charge in [-0.3, -0.25) is 4.79 Å². The first-order valence-electron chi connectivity index (χ1n) is 7.93. The number of piperazine rings is 1. The smallest absolute Gasteiger partial charge is 0.406 e. The van der Waals surface area contributed by atoms with Crippen molar-refractivity contribution >= 4 is 15.9 Å². The lowest BCUT2D eigenvalue weighted by Crippen LogP contribution is -2.50. The molecule has 1 aliphatic rings. The van der Waals surface area contributed by atoms with Crippen LogP contribution < -0.4 is 4.74 Å². The van der Waals surface area contributed by atoms with Crippen LogP contribution in [0.4, 0.5) is 13.2 Å². The van der Waals surface area contributed by atoms with Crippen LogP contribution in [0.5, 0.6) is 5.75 Å². The Balaban J connectivity index is 1.66. The van der Waals surface area contributed by atoms with E-state index in [0.717, 1.165) is 23.2 Å². The van der Waals surface area contributed by atoms with Gasteiger partial charge in [0.15, 0.2) is 0 Å². The fourth-order valence-corrected chi connectivity index (χ4v) is 3.38. The molecule has 10 nitrogen and oxygen atoms in total. The summed E-state index contributed by atoms with van der Waals surface area (Å²) in [6, 6.07) is 4.72. The second-order valence-electron chi connectivity index (χ2n) is 5.90. The van der Waals surface area contributed by atoms with Crippen LogP contribution in [0.15, 0.2) is 24.3 Å². The van der Waals surface area contributed by atoms with Gasteiger partial charge in [0.1, 0.15) is 5.75 Å². The molecule has 1 aromatic carbocycles. The molecule has 152 valence electrons. The number of nitrogens with zero attached hydrogens (tertiary/aromatic N) is 6. The molecule has 0 saturated carbocycles. The van der Waals surface area contributed by atoms with Gasteiger partial charge in [-0.1, -0.05) is 0 Å². The van der Waals surface area contributed by atoms with Gasteiger partial charge >= 0.3 is 6.36 Å². The molecule has 0 spiro atoms. The second kappa shape index (κ2) is 7.35. The predicted octanol–water partition coefficient (Wildman–Crippen LogP) is 0.278. The van der Waals surface area contributed by atoms with Crippen molar-refractivity contribution in [1.29, 1.82) is 0 Å². The molecule has 0 atom stereocenters. The number of aromatic nitrogens is 4. The van der Waals surface area contributed by atoms with E-state index in [1.165, 1.54) is 21.3 Å².